The van der Waals surface area contributed by atoms with Gasteiger partial charge in [-0.05, 0) is 31.0 Å². The molecule has 0 aliphatic rings. The SMILES string of the molecule is CCn1ncc(OC)c1C(N)c1ccc(C)cc1Cl. The summed E-state index contributed by atoms with van der Waals surface area (Å²) in [6, 6.07) is 5.51. The van der Waals surface area contributed by atoms with E-state index in [0.717, 1.165) is 23.4 Å². The molecule has 0 aliphatic carbocycles. The van der Waals surface area contributed by atoms with E-state index >= 15 is 0 Å². The second-order valence-corrected chi connectivity index (χ2v) is 4.82. The Morgan fingerprint density at radius 2 is 2.21 bits per heavy atom. The summed E-state index contributed by atoms with van der Waals surface area (Å²) >= 11 is 6.28. The van der Waals surface area contributed by atoms with Gasteiger partial charge in [0.05, 0.1) is 19.3 Å². The average molecular weight is 280 g/mol. The quantitative estimate of drug-likeness (QED) is 0.936. The van der Waals surface area contributed by atoms with Crippen LogP contribution >= 0.6 is 11.6 Å². The van der Waals surface area contributed by atoms with E-state index in [2.05, 4.69) is 5.10 Å². The van der Waals surface area contributed by atoms with Crippen LogP contribution < -0.4 is 10.5 Å². The molecule has 0 fully saturated rings. The summed E-state index contributed by atoms with van der Waals surface area (Å²) < 4.78 is 7.16. The van der Waals surface area contributed by atoms with Gasteiger partial charge in [-0.1, -0.05) is 23.7 Å². The van der Waals surface area contributed by atoms with Gasteiger partial charge < -0.3 is 10.5 Å². The molecular formula is C14H18ClN3O. The minimum atomic E-state index is -0.356. The molecule has 5 heteroatoms. The summed E-state index contributed by atoms with van der Waals surface area (Å²) in [5.74, 6) is 0.686. The van der Waals surface area contributed by atoms with Gasteiger partial charge in [0, 0.05) is 11.6 Å². The molecule has 0 spiro atoms. The van der Waals surface area contributed by atoms with Crippen molar-refractivity contribution in [1.82, 2.24) is 9.78 Å². The normalized spacial score (nSPS) is 12.5. The number of halogens is 1. The number of hydrogen-bond acceptors (Lipinski definition) is 3. The third kappa shape index (κ3) is 2.60. The molecule has 1 atom stereocenters. The minimum absolute atomic E-state index is 0.356. The van der Waals surface area contributed by atoms with Gasteiger partial charge >= 0.3 is 0 Å². The molecule has 1 heterocycles. The highest BCUT2D eigenvalue weighted by Crippen LogP contribution is 2.32. The van der Waals surface area contributed by atoms with Crippen molar-refractivity contribution < 1.29 is 4.74 Å². The number of rotatable bonds is 4. The van der Waals surface area contributed by atoms with Crippen LogP contribution in [0.4, 0.5) is 0 Å². The number of hydrogen-bond donors (Lipinski definition) is 1. The molecule has 0 saturated carbocycles. The topological polar surface area (TPSA) is 53.1 Å². The average Bonchev–Trinajstić information content (AvgIpc) is 2.80. The Kier molecular flexibility index (Phi) is 4.12. The monoisotopic (exact) mass is 279 g/mol. The molecule has 0 radical (unpaired) electrons. The van der Waals surface area contributed by atoms with Gasteiger partial charge in [0.2, 0.25) is 0 Å². The Labute approximate surface area is 118 Å². The van der Waals surface area contributed by atoms with Crippen LogP contribution in [0.5, 0.6) is 5.75 Å². The molecule has 1 unspecified atom stereocenters. The van der Waals surface area contributed by atoms with Gasteiger partial charge in [-0.3, -0.25) is 4.68 Å². The van der Waals surface area contributed by atoms with Gasteiger partial charge in [0.1, 0.15) is 5.69 Å². The highest BCUT2D eigenvalue weighted by atomic mass is 35.5. The molecule has 0 amide bonds. The first-order valence-electron chi connectivity index (χ1n) is 6.19. The predicted molar refractivity (Wildman–Crippen MR) is 76.7 cm³/mol. The fourth-order valence-electron chi connectivity index (χ4n) is 2.13. The van der Waals surface area contributed by atoms with Crippen molar-refractivity contribution in [2.24, 2.45) is 5.73 Å². The third-order valence-electron chi connectivity index (χ3n) is 3.15. The Morgan fingerprint density at radius 1 is 1.47 bits per heavy atom. The maximum absolute atomic E-state index is 6.34. The summed E-state index contributed by atoms with van der Waals surface area (Å²) in [7, 11) is 1.62. The van der Waals surface area contributed by atoms with Crippen LogP contribution in [0, 0.1) is 6.92 Å². The van der Waals surface area contributed by atoms with Crippen LogP contribution in [0.25, 0.3) is 0 Å². The van der Waals surface area contributed by atoms with E-state index in [1.165, 1.54) is 0 Å². The van der Waals surface area contributed by atoms with Crippen molar-refractivity contribution in [3.63, 3.8) is 0 Å². The molecule has 0 aliphatic heterocycles. The van der Waals surface area contributed by atoms with Crippen molar-refractivity contribution in [2.45, 2.75) is 26.4 Å². The number of methoxy groups -OCH3 is 1. The molecule has 0 bridgehead atoms. The fraction of sp³-hybridized carbons (Fsp3) is 0.357. The summed E-state index contributed by atoms with van der Waals surface area (Å²) in [5, 5.41) is 4.93. The Bertz CT molecular complexity index is 559. The van der Waals surface area contributed by atoms with E-state index in [9.17, 15) is 0 Å². The van der Waals surface area contributed by atoms with Crippen molar-refractivity contribution >= 4 is 11.6 Å². The van der Waals surface area contributed by atoms with Crippen molar-refractivity contribution in [2.75, 3.05) is 7.11 Å². The molecule has 0 saturated heterocycles. The summed E-state index contributed by atoms with van der Waals surface area (Å²) in [4.78, 5) is 0. The Balaban J connectivity index is 2.48. The molecular weight excluding hydrogens is 262 g/mol. The van der Waals surface area contributed by atoms with Crippen molar-refractivity contribution in [3.8, 4) is 5.75 Å². The number of ether oxygens (including phenoxy) is 1. The lowest BCUT2D eigenvalue weighted by molar-refractivity contribution is 0.404. The summed E-state index contributed by atoms with van der Waals surface area (Å²) in [6.07, 6.45) is 1.68. The molecule has 1 aromatic heterocycles. The van der Waals surface area contributed by atoms with Crippen LogP contribution in [-0.4, -0.2) is 16.9 Å². The van der Waals surface area contributed by atoms with E-state index in [4.69, 9.17) is 22.1 Å². The molecule has 102 valence electrons. The van der Waals surface area contributed by atoms with E-state index in [1.54, 1.807) is 13.3 Å². The van der Waals surface area contributed by atoms with Crippen LogP contribution in [0.15, 0.2) is 24.4 Å². The van der Waals surface area contributed by atoms with E-state index in [0.29, 0.717) is 10.8 Å². The highest BCUT2D eigenvalue weighted by molar-refractivity contribution is 6.31. The maximum atomic E-state index is 6.34. The molecule has 2 N–H and O–H groups in total. The second kappa shape index (κ2) is 5.63. The first kappa shape index (κ1) is 13.9. The number of benzene rings is 1. The molecule has 4 nitrogen and oxygen atoms in total. The zero-order chi connectivity index (χ0) is 14.0. The van der Waals surface area contributed by atoms with Crippen LogP contribution in [-0.2, 0) is 6.54 Å². The summed E-state index contributed by atoms with van der Waals surface area (Å²) in [6.45, 7) is 4.74. The number of nitrogens with two attached hydrogens (primary N) is 1. The third-order valence-corrected chi connectivity index (χ3v) is 3.48. The zero-order valence-corrected chi connectivity index (χ0v) is 12.1. The van der Waals surface area contributed by atoms with E-state index < -0.39 is 0 Å². The second-order valence-electron chi connectivity index (χ2n) is 4.42. The lowest BCUT2D eigenvalue weighted by Crippen LogP contribution is -2.18. The minimum Gasteiger partial charge on any atom is -0.493 e. The zero-order valence-electron chi connectivity index (χ0n) is 11.4. The Hall–Kier alpha value is -1.52. The lowest BCUT2D eigenvalue weighted by Gasteiger charge is -2.17. The molecule has 2 rings (SSSR count). The highest BCUT2D eigenvalue weighted by Gasteiger charge is 2.21. The van der Waals surface area contributed by atoms with Crippen molar-refractivity contribution in [3.05, 3.63) is 46.2 Å². The fourth-order valence-corrected chi connectivity index (χ4v) is 2.49. The first-order chi connectivity index (χ1) is 9.08. The molecule has 2 aromatic rings. The van der Waals surface area contributed by atoms with Gasteiger partial charge in [-0.25, -0.2) is 0 Å². The number of aromatic nitrogens is 2. The van der Waals surface area contributed by atoms with Gasteiger partial charge in [0.25, 0.3) is 0 Å². The van der Waals surface area contributed by atoms with Gasteiger partial charge in [-0.15, -0.1) is 0 Å². The maximum Gasteiger partial charge on any atom is 0.161 e. The van der Waals surface area contributed by atoms with Crippen LogP contribution in [0.3, 0.4) is 0 Å². The Morgan fingerprint density at radius 3 is 2.79 bits per heavy atom. The first-order valence-corrected chi connectivity index (χ1v) is 6.57. The van der Waals surface area contributed by atoms with E-state index in [1.807, 2.05) is 36.7 Å². The van der Waals surface area contributed by atoms with Crippen LogP contribution in [0.1, 0.15) is 29.8 Å². The van der Waals surface area contributed by atoms with E-state index in [-0.39, 0.29) is 6.04 Å². The van der Waals surface area contributed by atoms with Gasteiger partial charge in [0.15, 0.2) is 5.75 Å². The molecule has 19 heavy (non-hydrogen) atoms. The summed E-state index contributed by atoms with van der Waals surface area (Å²) in [5.41, 5.74) is 9.17. The predicted octanol–water partition coefficient (Wildman–Crippen LogP) is 2.92. The standard InChI is InChI=1S/C14H18ClN3O/c1-4-18-14(12(19-3)8-17-18)13(16)10-6-5-9(2)7-11(10)15/h5-8,13H,4,16H2,1-3H3. The van der Waals surface area contributed by atoms with Crippen molar-refractivity contribution in [1.29, 1.82) is 0 Å². The van der Waals surface area contributed by atoms with Gasteiger partial charge in [-0.2, -0.15) is 5.10 Å². The largest absolute Gasteiger partial charge is 0.493 e. The lowest BCUT2D eigenvalue weighted by atomic mass is 10.0. The number of aryl methyl sites for hydroxylation is 2. The number of nitrogens with zero attached hydrogens (tertiary/aromatic N) is 2. The smallest absolute Gasteiger partial charge is 0.161 e. The molecule has 1 aromatic carbocycles. The van der Waals surface area contributed by atoms with Crippen LogP contribution in [0.2, 0.25) is 5.02 Å².